The molecule has 2 aliphatic rings. The lowest BCUT2D eigenvalue weighted by molar-refractivity contribution is -0.119. The zero-order valence-corrected chi connectivity index (χ0v) is 6.77. The molecule has 64 valence electrons. The van der Waals surface area contributed by atoms with Crippen LogP contribution >= 0.6 is 0 Å². The van der Waals surface area contributed by atoms with Gasteiger partial charge >= 0.3 is 0 Å². The van der Waals surface area contributed by atoms with Crippen molar-refractivity contribution in [2.75, 3.05) is 0 Å². The Kier molecular flexibility index (Phi) is 1.79. The minimum Gasteiger partial charge on any atom is -0.269 e. The van der Waals surface area contributed by atoms with Crippen LogP contribution in [0.4, 0.5) is 0 Å². The largest absolute Gasteiger partial charge is 0.286 e. The van der Waals surface area contributed by atoms with Crippen LogP contribution in [-0.2, 0) is 4.79 Å². The van der Waals surface area contributed by atoms with Crippen LogP contribution in [0.25, 0.3) is 0 Å². The van der Waals surface area contributed by atoms with E-state index in [0.29, 0.717) is 24.2 Å². The van der Waals surface area contributed by atoms with Gasteiger partial charge in [-0.3, -0.25) is 4.79 Å². The average molecular weight is 165 g/mol. The highest BCUT2D eigenvalue weighted by molar-refractivity contribution is 5.76. The minimum atomic E-state index is -0.485. The first-order valence-corrected chi connectivity index (χ1v) is 4.34. The van der Waals surface area contributed by atoms with Gasteiger partial charge in [-0.2, -0.15) is 0 Å². The zero-order valence-electron chi connectivity index (χ0n) is 6.77. The number of fused-ring (bicyclic) bond motifs is 2. The number of amides is 1. The molecule has 0 aromatic rings. The molecular weight excluding hydrogens is 154 g/mol. The Balaban J connectivity index is 1.95. The molecule has 2 aliphatic carbocycles. The fourth-order valence-corrected chi connectivity index (χ4v) is 2.39. The summed E-state index contributed by atoms with van der Waals surface area (Å²) >= 11 is 0. The summed E-state index contributed by atoms with van der Waals surface area (Å²) in [5, 5.41) is 2.42. The van der Waals surface area contributed by atoms with Crippen LogP contribution in [0.15, 0.2) is 17.3 Å². The van der Waals surface area contributed by atoms with Gasteiger partial charge < -0.3 is 0 Å². The number of nitrogens with zero attached hydrogens (tertiary/aromatic N) is 1. The molecule has 0 aliphatic heterocycles. The molecule has 3 atom stereocenters. The summed E-state index contributed by atoms with van der Waals surface area (Å²) in [4.78, 5) is 20.6. The van der Waals surface area contributed by atoms with Gasteiger partial charge in [0, 0.05) is 11.6 Å². The van der Waals surface area contributed by atoms with E-state index < -0.39 is 5.91 Å². The van der Waals surface area contributed by atoms with E-state index in [4.69, 9.17) is 0 Å². The first kappa shape index (κ1) is 7.65. The summed E-state index contributed by atoms with van der Waals surface area (Å²) in [6.07, 6.45) is 7.01. The number of rotatable bonds is 2. The number of carbonyl (C=O) groups is 1. The van der Waals surface area contributed by atoms with E-state index in [2.05, 4.69) is 17.3 Å². The van der Waals surface area contributed by atoms with Gasteiger partial charge in [-0.15, -0.1) is 4.91 Å². The van der Waals surface area contributed by atoms with Crippen LogP contribution in [0.5, 0.6) is 0 Å². The monoisotopic (exact) mass is 165 g/mol. The molecular formula is C9H11NO2. The van der Waals surface area contributed by atoms with Gasteiger partial charge in [-0.25, -0.2) is 0 Å². The lowest BCUT2D eigenvalue weighted by atomic mass is 9.90. The minimum absolute atomic E-state index is 0.356. The summed E-state index contributed by atoms with van der Waals surface area (Å²) in [5.74, 6) is 1.12. The second-order valence-electron chi connectivity index (χ2n) is 3.73. The third-order valence-corrected chi connectivity index (χ3v) is 2.96. The standard InChI is InChI=1S/C9H11NO2/c11-9(10-12)5-8-4-6-1-2-7(8)3-6/h1-2,6-8H,3-5H2. The SMILES string of the molecule is O=NC(=O)CC1CC2C=CC1C2. The normalized spacial score (nSPS) is 37.2. The quantitative estimate of drug-likeness (QED) is 0.463. The Morgan fingerprint density at radius 3 is 2.75 bits per heavy atom. The summed E-state index contributed by atoms with van der Waals surface area (Å²) in [5.41, 5.74) is 0. The van der Waals surface area contributed by atoms with Crippen LogP contribution in [0.2, 0.25) is 0 Å². The van der Waals surface area contributed by atoms with Gasteiger partial charge in [0.2, 0.25) is 0 Å². The predicted octanol–water partition coefficient (Wildman–Crippen LogP) is 1.88. The molecule has 3 nitrogen and oxygen atoms in total. The summed E-state index contributed by atoms with van der Waals surface area (Å²) < 4.78 is 0. The van der Waals surface area contributed by atoms with Crippen molar-refractivity contribution in [1.29, 1.82) is 0 Å². The predicted molar refractivity (Wildman–Crippen MR) is 44.3 cm³/mol. The molecule has 12 heavy (non-hydrogen) atoms. The third-order valence-electron chi connectivity index (χ3n) is 2.96. The van der Waals surface area contributed by atoms with Gasteiger partial charge in [0.15, 0.2) is 0 Å². The average Bonchev–Trinajstić information content (AvgIpc) is 2.64. The number of nitroso groups, excluding NO2 is 1. The number of hydrogen-bond acceptors (Lipinski definition) is 2. The van der Waals surface area contributed by atoms with Crippen LogP contribution in [-0.4, -0.2) is 5.91 Å². The van der Waals surface area contributed by atoms with Gasteiger partial charge in [0.05, 0.1) is 0 Å². The second kappa shape index (κ2) is 2.81. The van der Waals surface area contributed by atoms with E-state index in [1.807, 2.05) is 0 Å². The fraction of sp³-hybridized carbons (Fsp3) is 0.667. The Bertz CT molecular complexity index is 247. The van der Waals surface area contributed by atoms with Crippen molar-refractivity contribution in [3.8, 4) is 0 Å². The molecule has 3 unspecified atom stereocenters. The van der Waals surface area contributed by atoms with Gasteiger partial charge in [0.25, 0.3) is 5.91 Å². The van der Waals surface area contributed by atoms with Gasteiger partial charge in [-0.1, -0.05) is 12.2 Å². The zero-order chi connectivity index (χ0) is 8.55. The summed E-state index contributed by atoms with van der Waals surface area (Å²) in [7, 11) is 0. The second-order valence-corrected chi connectivity index (χ2v) is 3.73. The smallest absolute Gasteiger partial charge is 0.269 e. The number of hydrogen-bond donors (Lipinski definition) is 0. The molecule has 0 radical (unpaired) electrons. The molecule has 0 aromatic heterocycles. The van der Waals surface area contributed by atoms with Crippen LogP contribution in [0.1, 0.15) is 19.3 Å². The van der Waals surface area contributed by atoms with Crippen molar-refractivity contribution in [2.24, 2.45) is 22.9 Å². The van der Waals surface area contributed by atoms with Crippen LogP contribution in [0, 0.1) is 22.7 Å². The highest BCUT2D eigenvalue weighted by atomic mass is 16.3. The first-order chi connectivity index (χ1) is 5.79. The van der Waals surface area contributed by atoms with Crippen molar-refractivity contribution in [3.05, 3.63) is 17.1 Å². The van der Waals surface area contributed by atoms with Crippen molar-refractivity contribution in [2.45, 2.75) is 19.3 Å². The van der Waals surface area contributed by atoms with E-state index in [9.17, 15) is 9.70 Å². The summed E-state index contributed by atoms with van der Waals surface area (Å²) in [6, 6.07) is 0. The molecule has 1 amide bonds. The molecule has 3 heteroatoms. The van der Waals surface area contributed by atoms with Crippen molar-refractivity contribution < 1.29 is 4.79 Å². The number of carbonyl (C=O) groups excluding carboxylic acids is 1. The third kappa shape index (κ3) is 1.19. The maximum Gasteiger partial charge on any atom is 0.286 e. The molecule has 1 fully saturated rings. The molecule has 0 spiro atoms. The lowest BCUT2D eigenvalue weighted by Crippen LogP contribution is -2.11. The van der Waals surface area contributed by atoms with Crippen molar-refractivity contribution >= 4 is 5.91 Å². The molecule has 0 heterocycles. The van der Waals surface area contributed by atoms with Crippen LogP contribution < -0.4 is 0 Å². The molecule has 2 bridgehead atoms. The molecule has 0 N–H and O–H groups in total. The molecule has 2 rings (SSSR count). The number of allylic oxidation sites excluding steroid dienone is 2. The fourth-order valence-electron chi connectivity index (χ4n) is 2.39. The van der Waals surface area contributed by atoms with E-state index in [-0.39, 0.29) is 0 Å². The highest BCUT2D eigenvalue weighted by Crippen LogP contribution is 2.44. The maximum atomic E-state index is 10.7. The highest BCUT2D eigenvalue weighted by Gasteiger charge is 2.36. The van der Waals surface area contributed by atoms with Gasteiger partial charge in [-0.05, 0) is 30.6 Å². The molecule has 0 aromatic carbocycles. The Morgan fingerprint density at radius 2 is 2.25 bits per heavy atom. The molecule has 0 saturated heterocycles. The van der Waals surface area contributed by atoms with Crippen molar-refractivity contribution in [1.82, 2.24) is 0 Å². The van der Waals surface area contributed by atoms with E-state index in [0.717, 1.165) is 6.42 Å². The Labute approximate surface area is 70.8 Å². The van der Waals surface area contributed by atoms with Crippen LogP contribution in [0.3, 0.4) is 0 Å². The Morgan fingerprint density at radius 1 is 1.42 bits per heavy atom. The van der Waals surface area contributed by atoms with Crippen molar-refractivity contribution in [3.63, 3.8) is 0 Å². The van der Waals surface area contributed by atoms with E-state index in [1.165, 1.54) is 6.42 Å². The van der Waals surface area contributed by atoms with E-state index in [1.54, 1.807) is 0 Å². The topological polar surface area (TPSA) is 46.5 Å². The maximum absolute atomic E-state index is 10.7. The summed E-state index contributed by atoms with van der Waals surface area (Å²) in [6.45, 7) is 0. The lowest BCUT2D eigenvalue weighted by Gasteiger charge is -2.14. The molecule has 1 saturated carbocycles. The first-order valence-electron chi connectivity index (χ1n) is 4.34. The Hall–Kier alpha value is -0.990. The van der Waals surface area contributed by atoms with E-state index >= 15 is 0 Å². The van der Waals surface area contributed by atoms with Gasteiger partial charge in [0.1, 0.15) is 0 Å².